The third kappa shape index (κ3) is 4.82. The molecule has 1 aromatic heterocycles. The number of piperidine rings is 1. The third-order valence-corrected chi connectivity index (χ3v) is 4.47. The molecule has 2 aromatic carbocycles. The second-order valence-electron chi connectivity index (χ2n) is 6.60. The van der Waals surface area contributed by atoms with Gasteiger partial charge in [-0.2, -0.15) is 20.1 Å². The van der Waals surface area contributed by atoms with Gasteiger partial charge in [0, 0.05) is 18.8 Å². The zero-order valence-electron chi connectivity index (χ0n) is 15.6. The molecule has 2 N–H and O–H groups in total. The fourth-order valence-corrected chi connectivity index (χ4v) is 3.06. The van der Waals surface area contributed by atoms with Crippen molar-refractivity contribution in [3.8, 4) is 0 Å². The van der Waals surface area contributed by atoms with Gasteiger partial charge in [0.15, 0.2) is 0 Å². The van der Waals surface area contributed by atoms with Gasteiger partial charge in [0.2, 0.25) is 17.8 Å². The number of nitrogens with zero attached hydrogens (tertiary/aromatic N) is 5. The second kappa shape index (κ2) is 8.94. The first kappa shape index (κ1) is 17.9. The molecule has 1 aliphatic rings. The van der Waals surface area contributed by atoms with E-state index in [1.807, 2.05) is 60.7 Å². The first-order chi connectivity index (χ1) is 13.9. The van der Waals surface area contributed by atoms with Crippen molar-refractivity contribution in [3.63, 3.8) is 0 Å². The van der Waals surface area contributed by atoms with Gasteiger partial charge in [-0.15, -0.1) is 0 Å². The highest BCUT2D eigenvalue weighted by atomic mass is 15.4. The molecule has 7 heteroatoms. The summed E-state index contributed by atoms with van der Waals surface area (Å²) < 4.78 is 0. The lowest BCUT2D eigenvalue weighted by Crippen LogP contribution is -2.31. The predicted octanol–water partition coefficient (Wildman–Crippen LogP) is 4.05. The minimum absolute atomic E-state index is 0.418. The number of anilines is 4. The van der Waals surface area contributed by atoms with Crippen LogP contribution in [-0.2, 0) is 0 Å². The molecular formula is C21H23N7. The normalized spacial score (nSPS) is 14.2. The average Bonchev–Trinajstić information content (AvgIpc) is 2.76. The highest BCUT2D eigenvalue weighted by Crippen LogP contribution is 2.20. The van der Waals surface area contributed by atoms with Crippen LogP contribution in [0.25, 0.3) is 0 Å². The van der Waals surface area contributed by atoms with E-state index in [2.05, 4.69) is 35.7 Å². The minimum Gasteiger partial charge on any atom is -0.341 e. The van der Waals surface area contributed by atoms with Gasteiger partial charge in [-0.3, -0.25) is 0 Å². The molecule has 142 valence electrons. The lowest BCUT2D eigenvalue weighted by atomic mass is 10.1. The van der Waals surface area contributed by atoms with Crippen LogP contribution in [0.5, 0.6) is 0 Å². The maximum atomic E-state index is 4.62. The molecule has 0 unspecified atom stereocenters. The molecule has 1 saturated heterocycles. The highest BCUT2D eigenvalue weighted by molar-refractivity contribution is 5.79. The van der Waals surface area contributed by atoms with Crippen molar-refractivity contribution in [1.82, 2.24) is 15.0 Å². The van der Waals surface area contributed by atoms with Crippen LogP contribution in [0, 0.1) is 0 Å². The van der Waals surface area contributed by atoms with Crippen LogP contribution in [0.3, 0.4) is 0 Å². The molecule has 1 fully saturated rings. The van der Waals surface area contributed by atoms with Crippen LogP contribution in [-0.4, -0.2) is 34.3 Å². The molecule has 28 heavy (non-hydrogen) atoms. The lowest BCUT2D eigenvalue weighted by Gasteiger charge is -2.26. The van der Waals surface area contributed by atoms with E-state index in [4.69, 9.17) is 0 Å². The van der Waals surface area contributed by atoms with E-state index < -0.39 is 0 Å². The molecule has 3 aromatic rings. The van der Waals surface area contributed by atoms with Gasteiger partial charge in [0.1, 0.15) is 0 Å². The number of benzene rings is 2. The summed E-state index contributed by atoms with van der Waals surface area (Å²) in [7, 11) is 0. The number of hydrogen-bond donors (Lipinski definition) is 2. The molecular weight excluding hydrogens is 350 g/mol. The minimum atomic E-state index is 0.418. The van der Waals surface area contributed by atoms with Crippen LogP contribution < -0.4 is 15.6 Å². The third-order valence-electron chi connectivity index (χ3n) is 4.47. The number of hydrogen-bond acceptors (Lipinski definition) is 7. The van der Waals surface area contributed by atoms with Crippen LogP contribution in [0.15, 0.2) is 65.8 Å². The molecule has 4 rings (SSSR count). The summed E-state index contributed by atoms with van der Waals surface area (Å²) in [5.74, 6) is 1.59. The monoisotopic (exact) mass is 373 g/mol. The topological polar surface area (TPSA) is 78.3 Å². The Morgan fingerprint density at radius 1 is 0.786 bits per heavy atom. The van der Waals surface area contributed by atoms with Gasteiger partial charge < -0.3 is 10.2 Å². The second-order valence-corrected chi connectivity index (χ2v) is 6.60. The van der Waals surface area contributed by atoms with Gasteiger partial charge in [-0.05, 0) is 37.0 Å². The Kier molecular flexibility index (Phi) is 5.72. The number of para-hydroxylation sites is 1. The fraction of sp³-hybridized carbons (Fsp3) is 0.238. The van der Waals surface area contributed by atoms with E-state index in [9.17, 15) is 0 Å². The number of rotatable bonds is 6. The van der Waals surface area contributed by atoms with Crippen LogP contribution in [0.1, 0.15) is 24.8 Å². The van der Waals surface area contributed by atoms with Gasteiger partial charge in [0.05, 0.1) is 6.21 Å². The molecule has 2 heterocycles. The van der Waals surface area contributed by atoms with Crippen LogP contribution in [0.4, 0.5) is 23.5 Å². The van der Waals surface area contributed by atoms with E-state index in [0.717, 1.165) is 37.2 Å². The van der Waals surface area contributed by atoms with E-state index in [1.165, 1.54) is 6.42 Å². The van der Waals surface area contributed by atoms with Crippen molar-refractivity contribution in [2.45, 2.75) is 19.3 Å². The quantitative estimate of drug-likeness (QED) is 0.501. The zero-order valence-corrected chi connectivity index (χ0v) is 15.6. The summed E-state index contributed by atoms with van der Waals surface area (Å²) in [5, 5.41) is 7.52. The Balaban J connectivity index is 1.56. The molecule has 0 saturated carbocycles. The molecule has 1 aliphatic heterocycles. The molecule has 0 aliphatic carbocycles. The van der Waals surface area contributed by atoms with Crippen molar-refractivity contribution in [3.05, 3.63) is 66.2 Å². The van der Waals surface area contributed by atoms with Gasteiger partial charge in [0.25, 0.3) is 0 Å². The summed E-state index contributed by atoms with van der Waals surface area (Å²) in [4.78, 5) is 15.9. The smallest absolute Gasteiger partial charge is 0.250 e. The number of nitrogens with one attached hydrogen (secondary N) is 2. The molecule has 0 atom stereocenters. The summed E-state index contributed by atoms with van der Waals surface area (Å²) in [6.07, 6.45) is 5.31. The van der Waals surface area contributed by atoms with Gasteiger partial charge >= 0.3 is 0 Å². The first-order valence-electron chi connectivity index (χ1n) is 9.54. The molecule has 0 bridgehead atoms. The van der Waals surface area contributed by atoms with E-state index in [-0.39, 0.29) is 0 Å². The predicted molar refractivity (Wildman–Crippen MR) is 113 cm³/mol. The Labute approximate surface area is 164 Å². The van der Waals surface area contributed by atoms with E-state index >= 15 is 0 Å². The van der Waals surface area contributed by atoms with Gasteiger partial charge in [-0.25, -0.2) is 5.43 Å². The Bertz CT molecular complexity index is 907. The Morgan fingerprint density at radius 2 is 1.46 bits per heavy atom. The number of hydrazone groups is 1. The zero-order chi connectivity index (χ0) is 19.0. The highest BCUT2D eigenvalue weighted by Gasteiger charge is 2.16. The van der Waals surface area contributed by atoms with Crippen molar-refractivity contribution in [1.29, 1.82) is 0 Å². The first-order valence-corrected chi connectivity index (χ1v) is 9.54. The summed E-state index contributed by atoms with van der Waals surface area (Å²) >= 11 is 0. The van der Waals surface area contributed by atoms with Crippen molar-refractivity contribution in [2.24, 2.45) is 5.10 Å². The molecule has 7 nitrogen and oxygen atoms in total. The van der Waals surface area contributed by atoms with E-state index in [0.29, 0.717) is 17.8 Å². The van der Waals surface area contributed by atoms with Crippen LogP contribution in [0.2, 0.25) is 0 Å². The van der Waals surface area contributed by atoms with E-state index in [1.54, 1.807) is 6.21 Å². The maximum absolute atomic E-state index is 4.62. The molecule has 0 amide bonds. The molecule has 0 spiro atoms. The summed E-state index contributed by atoms with van der Waals surface area (Å²) in [6, 6.07) is 19.8. The molecule has 0 radical (unpaired) electrons. The largest absolute Gasteiger partial charge is 0.341 e. The Morgan fingerprint density at radius 3 is 2.21 bits per heavy atom. The SMILES string of the molecule is C(=N/Nc1nc(Nc2ccccc2)nc(N2CCCCC2)n1)/c1ccccc1. The lowest BCUT2D eigenvalue weighted by molar-refractivity contribution is 0.568. The summed E-state index contributed by atoms with van der Waals surface area (Å²) in [6.45, 7) is 1.92. The fourth-order valence-electron chi connectivity index (χ4n) is 3.06. The van der Waals surface area contributed by atoms with Crippen LogP contribution >= 0.6 is 0 Å². The summed E-state index contributed by atoms with van der Waals surface area (Å²) in [5.41, 5.74) is 4.87. The average molecular weight is 373 g/mol. The maximum Gasteiger partial charge on any atom is 0.250 e. The standard InChI is InChI=1S/C21H23N7/c1-4-10-17(11-5-1)16-22-27-20-24-19(23-18-12-6-2-7-13-18)25-21(26-20)28-14-8-3-9-15-28/h1-2,4-7,10-13,16H,3,8-9,14-15H2,(H2,23,24,25,26,27)/b22-16-. The van der Waals surface area contributed by atoms with Crippen molar-refractivity contribution >= 4 is 29.7 Å². The number of aromatic nitrogens is 3. The van der Waals surface area contributed by atoms with Gasteiger partial charge in [-0.1, -0.05) is 48.5 Å². The van der Waals surface area contributed by atoms with Crippen molar-refractivity contribution < 1.29 is 0 Å². The Hall–Kier alpha value is -3.48. The van der Waals surface area contributed by atoms with Crippen molar-refractivity contribution in [2.75, 3.05) is 28.7 Å².